The van der Waals surface area contributed by atoms with E-state index in [1.54, 1.807) is 4.90 Å². The molecular weight excluding hydrogens is 396 g/mol. The van der Waals surface area contributed by atoms with E-state index < -0.39 is 6.23 Å². The number of anilines is 1. The number of thioether (sulfide) groups is 1. The first-order valence-corrected chi connectivity index (χ1v) is 11.0. The number of aromatic nitrogens is 3. The highest BCUT2D eigenvalue weighted by Gasteiger charge is 2.35. The van der Waals surface area contributed by atoms with Crippen molar-refractivity contribution in [3.05, 3.63) is 59.2 Å². The molecule has 0 spiro atoms. The summed E-state index contributed by atoms with van der Waals surface area (Å²) in [5.74, 6) is 1.19. The van der Waals surface area contributed by atoms with Gasteiger partial charge in [0.25, 0.3) is 0 Å². The fourth-order valence-electron chi connectivity index (χ4n) is 3.48. The average Bonchev–Trinajstić information content (AvgIpc) is 2.90. The SMILES string of the molecule is CCSc1nnc2c(n1)O[C@@H](c1ccc(C)c(C)c1)N(C(=O)CC)c1ccccc1-2. The maximum absolute atomic E-state index is 13.1. The molecule has 30 heavy (non-hydrogen) atoms. The maximum atomic E-state index is 13.1. The van der Waals surface area contributed by atoms with E-state index in [4.69, 9.17) is 4.74 Å². The van der Waals surface area contributed by atoms with Gasteiger partial charge in [0.2, 0.25) is 23.2 Å². The highest BCUT2D eigenvalue weighted by molar-refractivity contribution is 7.99. The van der Waals surface area contributed by atoms with Crippen molar-refractivity contribution in [2.75, 3.05) is 10.7 Å². The Morgan fingerprint density at radius 2 is 1.90 bits per heavy atom. The quantitative estimate of drug-likeness (QED) is 0.547. The van der Waals surface area contributed by atoms with Gasteiger partial charge in [0, 0.05) is 17.5 Å². The summed E-state index contributed by atoms with van der Waals surface area (Å²) in [5.41, 5.74) is 5.30. The molecule has 1 aliphatic rings. The second-order valence-corrected chi connectivity index (χ2v) is 8.36. The van der Waals surface area contributed by atoms with Gasteiger partial charge in [-0.2, -0.15) is 4.98 Å². The Balaban J connectivity index is 1.95. The van der Waals surface area contributed by atoms with Gasteiger partial charge in [-0.25, -0.2) is 0 Å². The van der Waals surface area contributed by atoms with Crippen molar-refractivity contribution in [3.8, 4) is 17.1 Å². The third-order valence-corrected chi connectivity index (χ3v) is 5.89. The second-order valence-electron chi connectivity index (χ2n) is 7.13. The molecule has 0 N–H and O–H groups in total. The number of amides is 1. The average molecular weight is 421 g/mol. The molecule has 0 saturated heterocycles. The summed E-state index contributed by atoms with van der Waals surface area (Å²) in [4.78, 5) is 19.5. The number of aryl methyl sites for hydroxylation is 2. The zero-order chi connectivity index (χ0) is 21.3. The fourth-order valence-corrected chi connectivity index (χ4v) is 3.98. The molecule has 2 aromatic carbocycles. The number of ether oxygens (including phenoxy) is 1. The lowest BCUT2D eigenvalue weighted by Crippen LogP contribution is -2.37. The van der Waals surface area contributed by atoms with Crippen LogP contribution in [-0.4, -0.2) is 26.8 Å². The predicted molar refractivity (Wildman–Crippen MR) is 119 cm³/mol. The van der Waals surface area contributed by atoms with Crippen LogP contribution in [0.5, 0.6) is 5.88 Å². The lowest BCUT2D eigenvalue weighted by Gasteiger charge is -2.31. The second kappa shape index (κ2) is 8.44. The molecule has 0 bridgehead atoms. The van der Waals surface area contributed by atoms with E-state index in [9.17, 15) is 4.79 Å². The molecule has 0 saturated carbocycles. The van der Waals surface area contributed by atoms with E-state index in [0.717, 1.165) is 28.1 Å². The number of hydrogen-bond acceptors (Lipinski definition) is 6. The van der Waals surface area contributed by atoms with Crippen molar-refractivity contribution in [1.29, 1.82) is 0 Å². The van der Waals surface area contributed by atoms with Gasteiger partial charge < -0.3 is 4.74 Å². The van der Waals surface area contributed by atoms with E-state index in [2.05, 4.69) is 41.2 Å². The lowest BCUT2D eigenvalue weighted by molar-refractivity contribution is -0.120. The molecule has 1 atom stereocenters. The van der Waals surface area contributed by atoms with Crippen LogP contribution in [0.1, 0.15) is 43.2 Å². The molecule has 2 heterocycles. The monoisotopic (exact) mass is 420 g/mol. The number of fused-ring (bicyclic) bond motifs is 3. The zero-order valence-electron chi connectivity index (χ0n) is 17.5. The summed E-state index contributed by atoms with van der Waals surface area (Å²) < 4.78 is 6.42. The van der Waals surface area contributed by atoms with Crippen molar-refractivity contribution in [1.82, 2.24) is 15.2 Å². The fraction of sp³-hybridized carbons (Fsp3) is 0.304. The van der Waals surface area contributed by atoms with Crippen LogP contribution in [0.15, 0.2) is 47.6 Å². The Bertz CT molecular complexity index is 1100. The van der Waals surface area contributed by atoms with Crippen LogP contribution in [0.3, 0.4) is 0 Å². The number of benzene rings is 2. The minimum absolute atomic E-state index is 0.0328. The van der Waals surface area contributed by atoms with Gasteiger partial charge in [0.15, 0.2) is 5.69 Å². The summed E-state index contributed by atoms with van der Waals surface area (Å²) >= 11 is 1.50. The van der Waals surface area contributed by atoms with E-state index in [1.807, 2.05) is 44.2 Å². The van der Waals surface area contributed by atoms with Crippen LogP contribution in [0.4, 0.5) is 5.69 Å². The highest BCUT2D eigenvalue weighted by Crippen LogP contribution is 2.43. The Hall–Kier alpha value is -2.93. The molecule has 1 aromatic heterocycles. The highest BCUT2D eigenvalue weighted by atomic mass is 32.2. The molecule has 0 unspecified atom stereocenters. The molecule has 4 rings (SSSR count). The minimum Gasteiger partial charge on any atom is -0.447 e. The number of carbonyl (C=O) groups excluding carboxylic acids is 1. The van der Waals surface area contributed by atoms with Gasteiger partial charge in [-0.15, -0.1) is 10.2 Å². The van der Waals surface area contributed by atoms with Gasteiger partial charge in [0.05, 0.1) is 5.69 Å². The summed E-state index contributed by atoms with van der Waals surface area (Å²) in [6.45, 7) is 8.02. The Morgan fingerprint density at radius 1 is 1.10 bits per heavy atom. The van der Waals surface area contributed by atoms with Crippen LogP contribution >= 0.6 is 11.8 Å². The zero-order valence-corrected chi connectivity index (χ0v) is 18.4. The van der Waals surface area contributed by atoms with Crippen LogP contribution in [-0.2, 0) is 4.79 Å². The van der Waals surface area contributed by atoms with Crippen LogP contribution < -0.4 is 9.64 Å². The minimum atomic E-state index is -0.643. The third-order valence-electron chi connectivity index (χ3n) is 5.17. The van der Waals surface area contributed by atoms with Crippen molar-refractivity contribution in [3.63, 3.8) is 0 Å². The first-order valence-electron chi connectivity index (χ1n) is 10.1. The number of hydrogen-bond donors (Lipinski definition) is 0. The summed E-state index contributed by atoms with van der Waals surface area (Å²) in [6, 6.07) is 13.8. The van der Waals surface area contributed by atoms with Gasteiger partial charge in [0.1, 0.15) is 0 Å². The molecule has 0 radical (unpaired) electrons. The van der Waals surface area contributed by atoms with Gasteiger partial charge in [-0.1, -0.05) is 62.0 Å². The predicted octanol–water partition coefficient (Wildman–Crippen LogP) is 5.10. The molecule has 0 aliphatic carbocycles. The van der Waals surface area contributed by atoms with Gasteiger partial charge >= 0.3 is 0 Å². The number of rotatable bonds is 4. The molecule has 154 valence electrons. The maximum Gasteiger partial charge on any atom is 0.247 e. The van der Waals surface area contributed by atoms with Crippen LogP contribution in [0.2, 0.25) is 0 Å². The number of para-hydroxylation sites is 1. The van der Waals surface area contributed by atoms with E-state index >= 15 is 0 Å². The number of carbonyl (C=O) groups is 1. The van der Waals surface area contributed by atoms with Crippen molar-refractivity contribution < 1.29 is 9.53 Å². The smallest absolute Gasteiger partial charge is 0.247 e. The van der Waals surface area contributed by atoms with Crippen LogP contribution in [0, 0.1) is 13.8 Å². The molecule has 0 fully saturated rings. The first-order chi connectivity index (χ1) is 14.5. The summed E-state index contributed by atoms with van der Waals surface area (Å²) in [7, 11) is 0. The van der Waals surface area contributed by atoms with Gasteiger partial charge in [-0.05, 0) is 36.8 Å². The molecule has 1 amide bonds. The standard InChI is InChI=1S/C23H24N4O2S/c1-5-19(28)27-18-10-8-7-9-17(18)20-21(24-23(26-25-20)30-6-2)29-22(27)16-12-11-14(3)15(4)13-16/h7-13,22H,5-6H2,1-4H3/t22-/m0/s1. The van der Waals surface area contributed by atoms with Crippen molar-refractivity contribution >= 4 is 23.4 Å². The Labute approximate surface area is 180 Å². The lowest BCUT2D eigenvalue weighted by atomic mass is 10.0. The molecule has 6 nitrogen and oxygen atoms in total. The third kappa shape index (κ3) is 3.65. The molecule has 1 aliphatic heterocycles. The van der Waals surface area contributed by atoms with Crippen molar-refractivity contribution in [2.45, 2.75) is 45.5 Å². The van der Waals surface area contributed by atoms with Gasteiger partial charge in [-0.3, -0.25) is 9.69 Å². The summed E-state index contributed by atoms with van der Waals surface area (Å²) in [5, 5.41) is 9.23. The Kier molecular flexibility index (Phi) is 5.72. The molecule has 7 heteroatoms. The van der Waals surface area contributed by atoms with E-state index in [1.165, 1.54) is 17.3 Å². The van der Waals surface area contributed by atoms with Crippen molar-refractivity contribution in [2.24, 2.45) is 0 Å². The Morgan fingerprint density at radius 3 is 2.63 bits per heavy atom. The topological polar surface area (TPSA) is 68.2 Å². The van der Waals surface area contributed by atoms with Crippen LogP contribution in [0.25, 0.3) is 11.3 Å². The number of nitrogens with zero attached hydrogens (tertiary/aromatic N) is 4. The molecular formula is C23H24N4O2S. The first kappa shape index (κ1) is 20.3. The molecule has 3 aromatic rings. The van der Waals surface area contributed by atoms with E-state index in [0.29, 0.717) is 23.2 Å². The largest absolute Gasteiger partial charge is 0.447 e. The normalized spacial score (nSPS) is 15.1. The summed E-state index contributed by atoms with van der Waals surface area (Å²) in [6.07, 6.45) is -0.291. The van der Waals surface area contributed by atoms with E-state index in [-0.39, 0.29) is 5.91 Å².